The van der Waals surface area contributed by atoms with Crippen molar-refractivity contribution in [3.8, 4) is 57.5 Å². The van der Waals surface area contributed by atoms with Crippen LogP contribution in [0.4, 0.5) is 0 Å². The van der Waals surface area contributed by atoms with Gasteiger partial charge in [0.05, 0.1) is 17.9 Å². The van der Waals surface area contributed by atoms with Crippen LogP contribution in [-0.4, -0.2) is 25.9 Å². The van der Waals surface area contributed by atoms with Crippen molar-refractivity contribution >= 4 is 132 Å². The molecule has 0 atom stereocenters. The van der Waals surface area contributed by atoms with E-state index in [2.05, 4.69) is 116 Å². The maximum atomic E-state index is 11.7. The van der Waals surface area contributed by atoms with Gasteiger partial charge in [0.15, 0.2) is 28.7 Å². The SMILES string of the molecule is O=S(=O)(O)Oc1ccc(Oc2cc(Br)c(Oc3ccc(OS(=O)(=O)O)c(Oc4ccc(Br)cc4Br)c3Br)c(Oc3ccc(Br)cc3Br)c2)cc1Br. The van der Waals surface area contributed by atoms with Crippen LogP contribution in [-0.2, 0) is 20.8 Å². The molecule has 0 aliphatic heterocycles. The van der Waals surface area contributed by atoms with Gasteiger partial charge in [-0.1, -0.05) is 31.9 Å². The zero-order chi connectivity index (χ0) is 37.2. The summed E-state index contributed by atoms with van der Waals surface area (Å²) in [5.41, 5.74) is 0. The van der Waals surface area contributed by atoms with Gasteiger partial charge in [0.2, 0.25) is 0 Å². The van der Waals surface area contributed by atoms with Crippen LogP contribution in [0.2, 0.25) is 0 Å². The summed E-state index contributed by atoms with van der Waals surface area (Å²) in [6.45, 7) is 0. The molecule has 0 amide bonds. The highest BCUT2D eigenvalue weighted by molar-refractivity contribution is 9.11. The largest absolute Gasteiger partial charge is 0.457 e. The number of hydrogen-bond donors (Lipinski definition) is 2. The summed E-state index contributed by atoms with van der Waals surface area (Å²) >= 11 is 23.8. The first-order chi connectivity index (χ1) is 23.8. The molecule has 12 nitrogen and oxygen atoms in total. The van der Waals surface area contributed by atoms with Crippen molar-refractivity contribution in [2.75, 3.05) is 0 Å². The molecule has 0 saturated heterocycles. The Bertz CT molecular complexity index is 2380. The van der Waals surface area contributed by atoms with Gasteiger partial charge in [-0.3, -0.25) is 9.11 Å². The van der Waals surface area contributed by atoms with Crippen molar-refractivity contribution < 1.29 is 53.3 Å². The first-order valence-corrected chi connectivity index (χ1v) is 21.5. The molecule has 2 N–H and O–H groups in total. The summed E-state index contributed by atoms with van der Waals surface area (Å²) < 4.78 is 101. The van der Waals surface area contributed by atoms with E-state index >= 15 is 0 Å². The molecular weight excluding hydrogens is 1180 g/mol. The van der Waals surface area contributed by atoms with Crippen molar-refractivity contribution in [3.63, 3.8) is 0 Å². The molecule has 0 fully saturated rings. The van der Waals surface area contributed by atoms with E-state index in [9.17, 15) is 21.4 Å². The van der Waals surface area contributed by atoms with Gasteiger partial charge >= 0.3 is 20.8 Å². The highest BCUT2D eigenvalue weighted by atomic mass is 79.9. The smallest absolute Gasteiger partial charge is 0.446 e. The predicted molar refractivity (Wildman–Crippen MR) is 211 cm³/mol. The lowest BCUT2D eigenvalue weighted by Gasteiger charge is -2.19. The lowest BCUT2D eigenvalue weighted by atomic mass is 10.2. The predicted octanol–water partition coefficient (Wildman–Crippen LogP) is 12.6. The molecule has 5 aromatic carbocycles. The fraction of sp³-hybridized carbons (Fsp3) is 0. The van der Waals surface area contributed by atoms with Crippen molar-refractivity contribution in [1.82, 2.24) is 0 Å². The third kappa shape index (κ3) is 11.1. The minimum absolute atomic E-state index is 0.0959. The standard InChI is InChI=1S/C30H15Br7O12S2/c31-14-1-4-22(18(33)9-14)45-27-13-17(44-16-3-6-24(20(35)11-16)48-50(38,39)40)12-21(36)29(27)47-25-7-8-26(49-51(41,42)43)30(28(25)37)46-23-5-2-15(32)10-19(23)34/h1-13H,(H,38,39,40)(H,41,42,43). The van der Waals surface area contributed by atoms with Gasteiger partial charge in [0.25, 0.3) is 0 Å². The Labute approximate surface area is 349 Å². The number of halogens is 7. The van der Waals surface area contributed by atoms with E-state index in [1.54, 1.807) is 42.5 Å². The zero-order valence-corrected chi connectivity index (χ0v) is 37.2. The van der Waals surface area contributed by atoms with Gasteiger partial charge in [-0.2, -0.15) is 16.8 Å². The highest BCUT2D eigenvalue weighted by Gasteiger charge is 2.24. The molecule has 51 heavy (non-hydrogen) atoms. The van der Waals surface area contributed by atoms with Crippen molar-refractivity contribution in [1.29, 1.82) is 0 Å². The molecule has 0 saturated carbocycles. The minimum atomic E-state index is -4.95. The molecule has 0 aromatic heterocycles. The Morgan fingerprint density at radius 3 is 1.45 bits per heavy atom. The Balaban J connectivity index is 1.58. The summed E-state index contributed by atoms with van der Waals surface area (Å²) in [6.07, 6.45) is 0. The number of ether oxygens (including phenoxy) is 4. The Hall–Kier alpha value is -1.92. The quantitative estimate of drug-likeness (QED) is 0.114. The van der Waals surface area contributed by atoms with Crippen molar-refractivity contribution in [3.05, 3.63) is 110 Å². The van der Waals surface area contributed by atoms with Gasteiger partial charge < -0.3 is 27.3 Å². The molecule has 0 heterocycles. The second-order valence-corrected chi connectivity index (χ2v) is 17.7. The first kappa shape index (κ1) is 40.3. The average molecular weight is 1190 g/mol. The third-order valence-electron chi connectivity index (χ3n) is 5.97. The van der Waals surface area contributed by atoms with E-state index in [1.807, 2.05) is 0 Å². The monoisotopic (exact) mass is 1180 g/mol. The highest BCUT2D eigenvalue weighted by Crippen LogP contribution is 2.51. The Kier molecular flexibility index (Phi) is 13.1. The molecule has 0 bridgehead atoms. The normalized spacial score (nSPS) is 11.5. The Morgan fingerprint density at radius 1 is 0.412 bits per heavy atom. The minimum Gasteiger partial charge on any atom is -0.457 e. The van der Waals surface area contributed by atoms with Crippen LogP contribution in [0.5, 0.6) is 57.5 Å². The number of rotatable bonds is 12. The molecular formula is C30H15Br7O12S2. The summed E-state index contributed by atoms with van der Waals surface area (Å²) in [7, 11) is -9.71. The second-order valence-electron chi connectivity index (χ2n) is 9.61. The molecule has 0 aliphatic carbocycles. The maximum Gasteiger partial charge on any atom is 0.446 e. The summed E-state index contributed by atoms with van der Waals surface area (Å²) in [5, 5.41) is 0. The van der Waals surface area contributed by atoms with Gasteiger partial charge in [0, 0.05) is 15.0 Å². The van der Waals surface area contributed by atoms with E-state index in [4.69, 9.17) is 27.7 Å². The lowest BCUT2D eigenvalue weighted by Crippen LogP contribution is -2.08. The maximum absolute atomic E-state index is 11.7. The van der Waals surface area contributed by atoms with E-state index in [0.717, 1.165) is 8.95 Å². The molecule has 0 radical (unpaired) electrons. The third-order valence-corrected chi connectivity index (χ3v) is 10.9. The fourth-order valence-corrected chi connectivity index (χ4v) is 8.49. The van der Waals surface area contributed by atoms with Crippen LogP contribution in [0.25, 0.3) is 0 Å². The summed E-state index contributed by atoms with van der Waals surface area (Å²) in [4.78, 5) is 0. The average Bonchev–Trinajstić information content (AvgIpc) is 3.00. The van der Waals surface area contributed by atoms with Crippen LogP contribution >= 0.6 is 112 Å². The molecule has 268 valence electrons. The lowest BCUT2D eigenvalue weighted by molar-refractivity contribution is 0.369. The zero-order valence-electron chi connectivity index (χ0n) is 24.4. The molecule has 21 heteroatoms. The molecule has 5 aromatic rings. The van der Waals surface area contributed by atoms with Gasteiger partial charge in [-0.15, -0.1) is 0 Å². The van der Waals surface area contributed by atoms with Gasteiger partial charge in [-0.05, 0) is 152 Å². The van der Waals surface area contributed by atoms with Crippen LogP contribution in [0.15, 0.2) is 110 Å². The van der Waals surface area contributed by atoms with E-state index < -0.39 is 20.8 Å². The number of hydrogen-bond acceptors (Lipinski definition) is 10. The first-order valence-electron chi connectivity index (χ1n) is 13.3. The van der Waals surface area contributed by atoms with Crippen molar-refractivity contribution in [2.45, 2.75) is 0 Å². The van der Waals surface area contributed by atoms with Crippen LogP contribution in [0.1, 0.15) is 0 Å². The van der Waals surface area contributed by atoms with Gasteiger partial charge in [-0.25, -0.2) is 0 Å². The molecule has 0 unspecified atom stereocenters. The molecule has 5 rings (SSSR count). The second kappa shape index (κ2) is 16.6. The van der Waals surface area contributed by atoms with Crippen LogP contribution in [0.3, 0.4) is 0 Å². The fourth-order valence-electron chi connectivity index (χ4n) is 3.97. The van der Waals surface area contributed by atoms with Crippen LogP contribution < -0.4 is 27.3 Å². The van der Waals surface area contributed by atoms with E-state index in [-0.39, 0.29) is 60.7 Å². The Morgan fingerprint density at radius 2 is 0.882 bits per heavy atom. The van der Waals surface area contributed by atoms with Crippen LogP contribution in [0, 0.1) is 0 Å². The molecule has 0 spiro atoms. The van der Waals surface area contributed by atoms with E-state index in [1.165, 1.54) is 36.4 Å². The number of benzene rings is 5. The van der Waals surface area contributed by atoms with Crippen molar-refractivity contribution in [2.24, 2.45) is 0 Å². The summed E-state index contributed by atoms with van der Waals surface area (Å²) in [6, 6.07) is 20.0. The topological polar surface area (TPSA) is 164 Å². The summed E-state index contributed by atoms with van der Waals surface area (Å²) in [5.74, 6) is 0.840. The van der Waals surface area contributed by atoms with E-state index in [0.29, 0.717) is 19.2 Å². The molecule has 0 aliphatic rings. The van der Waals surface area contributed by atoms with Gasteiger partial charge in [0.1, 0.15) is 33.2 Å².